The quantitative estimate of drug-likeness (QED) is 0.276. The Kier molecular flexibility index (Phi) is 4.20. The summed E-state index contributed by atoms with van der Waals surface area (Å²) in [6.07, 6.45) is 0. The van der Waals surface area contributed by atoms with Crippen LogP contribution in [0.15, 0.2) is 12.1 Å². The lowest BCUT2D eigenvalue weighted by atomic mass is 10.1. The number of nitro benzene ring substituents is 1. The summed E-state index contributed by atoms with van der Waals surface area (Å²) in [5.74, 6) is -0.587. The Morgan fingerprint density at radius 1 is 1.62 bits per heavy atom. The van der Waals surface area contributed by atoms with Crippen molar-refractivity contribution in [1.82, 2.24) is 0 Å². The number of halogens is 2. The molecular weight excluding hydrogens is 346 g/mol. The number of carbonyl (C=O) groups excluding carboxylic acids is 1. The highest BCUT2D eigenvalue weighted by molar-refractivity contribution is 14.1. The molecule has 16 heavy (non-hydrogen) atoms. The van der Waals surface area contributed by atoms with E-state index in [4.69, 9.17) is 16.9 Å². The number of ketones is 1. The van der Waals surface area contributed by atoms with E-state index in [0.29, 0.717) is 0 Å². The van der Waals surface area contributed by atoms with Gasteiger partial charge in [-0.15, -0.1) is 11.6 Å². The van der Waals surface area contributed by atoms with E-state index in [-0.39, 0.29) is 32.0 Å². The van der Waals surface area contributed by atoms with Crippen LogP contribution in [-0.2, 0) is 0 Å². The Morgan fingerprint density at radius 2 is 2.25 bits per heavy atom. The number of carbonyl (C=O) groups is 1. The Balaban J connectivity index is 3.48. The topological polar surface area (TPSA) is 84.0 Å². The number of hydrogen-bond donors (Lipinski definition) is 0. The summed E-state index contributed by atoms with van der Waals surface area (Å²) in [6, 6.07) is 4.17. The number of nitro groups is 1. The minimum atomic E-state index is -0.657. The van der Waals surface area contributed by atoms with Crippen LogP contribution < -0.4 is 0 Å². The number of Topliss-reactive ketones (excluding diaryl/α,β-unsaturated/α-hetero) is 1. The molecule has 0 aliphatic carbocycles. The summed E-state index contributed by atoms with van der Waals surface area (Å²) in [5, 5.41) is 19.4. The second-order valence-electron chi connectivity index (χ2n) is 2.75. The highest BCUT2D eigenvalue weighted by Crippen LogP contribution is 2.26. The summed E-state index contributed by atoms with van der Waals surface area (Å²) >= 11 is 7.12. The van der Waals surface area contributed by atoms with Crippen LogP contribution in [0.2, 0.25) is 0 Å². The molecule has 0 heterocycles. The summed E-state index contributed by atoms with van der Waals surface area (Å²) in [7, 11) is 0. The summed E-state index contributed by atoms with van der Waals surface area (Å²) < 4.78 is 0.264. The summed E-state index contributed by atoms with van der Waals surface area (Å²) in [4.78, 5) is 21.3. The van der Waals surface area contributed by atoms with Gasteiger partial charge in [-0.1, -0.05) is 0 Å². The molecule has 1 rings (SSSR count). The van der Waals surface area contributed by atoms with E-state index in [1.807, 2.05) is 0 Å². The van der Waals surface area contributed by atoms with Crippen LogP contribution in [-0.4, -0.2) is 16.6 Å². The molecule has 0 unspecified atom stereocenters. The Bertz CT molecular complexity index is 510. The monoisotopic (exact) mass is 350 g/mol. The third-order valence-corrected chi connectivity index (χ3v) is 3.21. The molecule has 0 aromatic heterocycles. The smallest absolute Gasteiger partial charge is 0.288 e. The van der Waals surface area contributed by atoms with Gasteiger partial charge >= 0.3 is 0 Å². The molecule has 0 fully saturated rings. The van der Waals surface area contributed by atoms with Gasteiger partial charge in [-0.25, -0.2) is 0 Å². The van der Waals surface area contributed by atoms with Crippen molar-refractivity contribution in [3.8, 4) is 6.07 Å². The second kappa shape index (κ2) is 5.23. The lowest BCUT2D eigenvalue weighted by Crippen LogP contribution is -2.06. The predicted octanol–water partition coefficient (Wildman–Crippen LogP) is 2.49. The molecule has 0 saturated heterocycles. The summed E-state index contributed by atoms with van der Waals surface area (Å²) in [6.45, 7) is 0. The normalized spacial score (nSPS) is 9.56. The Labute approximate surface area is 109 Å². The molecular formula is C9H4ClIN2O3. The minimum absolute atomic E-state index is 0.110. The second-order valence-corrected chi connectivity index (χ2v) is 4.09. The van der Waals surface area contributed by atoms with Crippen LogP contribution in [0, 0.1) is 25.0 Å². The number of nitriles is 1. The van der Waals surface area contributed by atoms with Crippen molar-refractivity contribution in [2.24, 2.45) is 0 Å². The first-order chi connectivity index (χ1) is 7.52. The van der Waals surface area contributed by atoms with Gasteiger partial charge in [-0.05, 0) is 28.7 Å². The fourth-order valence-corrected chi connectivity index (χ4v) is 2.13. The third kappa shape index (κ3) is 2.31. The molecule has 5 nitrogen and oxygen atoms in total. The van der Waals surface area contributed by atoms with Gasteiger partial charge in [0.1, 0.15) is 11.6 Å². The van der Waals surface area contributed by atoms with Crippen LogP contribution >= 0.6 is 34.2 Å². The highest BCUT2D eigenvalue weighted by atomic mass is 127. The van der Waals surface area contributed by atoms with Gasteiger partial charge in [-0.3, -0.25) is 14.9 Å². The molecule has 1 aromatic carbocycles. The number of alkyl halides is 1. The Morgan fingerprint density at radius 3 is 2.69 bits per heavy atom. The van der Waals surface area contributed by atoms with E-state index in [1.165, 1.54) is 6.07 Å². The van der Waals surface area contributed by atoms with Crippen LogP contribution in [0.1, 0.15) is 15.9 Å². The highest BCUT2D eigenvalue weighted by Gasteiger charge is 2.21. The molecule has 7 heteroatoms. The van der Waals surface area contributed by atoms with Gasteiger partial charge in [0.05, 0.1) is 10.8 Å². The Hall–Kier alpha value is -1.20. The maximum absolute atomic E-state index is 11.4. The first kappa shape index (κ1) is 12.9. The van der Waals surface area contributed by atoms with E-state index < -0.39 is 4.92 Å². The molecule has 0 bridgehead atoms. The van der Waals surface area contributed by atoms with Gasteiger partial charge in [-0.2, -0.15) is 5.26 Å². The van der Waals surface area contributed by atoms with Crippen LogP contribution in [0.5, 0.6) is 0 Å². The van der Waals surface area contributed by atoms with Crippen molar-refractivity contribution in [2.75, 3.05) is 5.88 Å². The molecule has 0 aliphatic rings. The number of rotatable bonds is 3. The first-order valence-electron chi connectivity index (χ1n) is 3.99. The van der Waals surface area contributed by atoms with E-state index in [9.17, 15) is 14.9 Å². The van der Waals surface area contributed by atoms with Crippen LogP contribution in [0.4, 0.5) is 5.69 Å². The van der Waals surface area contributed by atoms with E-state index in [2.05, 4.69) is 0 Å². The number of nitrogens with zero attached hydrogens (tertiary/aromatic N) is 2. The standard InChI is InChI=1S/C9H4ClIN2O3/c10-3-8(14)5-1-2-7(13(15)16)6(4-12)9(5)11/h1-2H,3H2. The van der Waals surface area contributed by atoms with Crippen molar-refractivity contribution < 1.29 is 9.72 Å². The van der Waals surface area contributed by atoms with Crippen molar-refractivity contribution in [3.63, 3.8) is 0 Å². The van der Waals surface area contributed by atoms with Crippen LogP contribution in [0.25, 0.3) is 0 Å². The lowest BCUT2D eigenvalue weighted by molar-refractivity contribution is -0.385. The number of benzene rings is 1. The number of hydrogen-bond acceptors (Lipinski definition) is 4. The maximum Gasteiger partial charge on any atom is 0.288 e. The predicted molar refractivity (Wildman–Crippen MR) is 65.6 cm³/mol. The fourth-order valence-electron chi connectivity index (χ4n) is 1.11. The fraction of sp³-hybridized carbons (Fsp3) is 0.111. The van der Waals surface area contributed by atoms with Crippen molar-refractivity contribution >= 4 is 45.7 Å². The zero-order valence-electron chi connectivity index (χ0n) is 7.74. The average molecular weight is 350 g/mol. The molecule has 0 aliphatic heterocycles. The van der Waals surface area contributed by atoms with Gasteiger partial charge < -0.3 is 0 Å². The molecule has 0 saturated carbocycles. The van der Waals surface area contributed by atoms with Crippen molar-refractivity contribution in [1.29, 1.82) is 5.26 Å². The molecule has 0 amide bonds. The molecule has 0 spiro atoms. The van der Waals surface area contributed by atoms with Gasteiger partial charge in [0, 0.05) is 15.2 Å². The maximum atomic E-state index is 11.4. The minimum Gasteiger partial charge on any atom is -0.293 e. The average Bonchev–Trinajstić information content (AvgIpc) is 2.27. The van der Waals surface area contributed by atoms with Gasteiger partial charge in [0.15, 0.2) is 5.78 Å². The molecule has 0 radical (unpaired) electrons. The van der Waals surface area contributed by atoms with Crippen molar-refractivity contribution in [3.05, 3.63) is 36.9 Å². The SMILES string of the molecule is N#Cc1c([N+](=O)[O-])ccc(C(=O)CCl)c1I. The molecule has 0 atom stereocenters. The third-order valence-electron chi connectivity index (χ3n) is 1.85. The lowest BCUT2D eigenvalue weighted by Gasteiger charge is -2.03. The molecule has 0 N–H and O–H groups in total. The van der Waals surface area contributed by atoms with E-state index >= 15 is 0 Å². The zero-order chi connectivity index (χ0) is 12.3. The molecule has 82 valence electrons. The first-order valence-corrected chi connectivity index (χ1v) is 5.60. The molecule has 1 aromatic rings. The van der Waals surface area contributed by atoms with Gasteiger partial charge in [0.25, 0.3) is 5.69 Å². The largest absolute Gasteiger partial charge is 0.293 e. The van der Waals surface area contributed by atoms with E-state index in [1.54, 1.807) is 28.7 Å². The van der Waals surface area contributed by atoms with Gasteiger partial charge in [0.2, 0.25) is 0 Å². The zero-order valence-corrected chi connectivity index (χ0v) is 10.7. The van der Waals surface area contributed by atoms with E-state index in [0.717, 1.165) is 6.07 Å². The van der Waals surface area contributed by atoms with Crippen molar-refractivity contribution in [2.45, 2.75) is 0 Å². The van der Waals surface area contributed by atoms with Crippen LogP contribution in [0.3, 0.4) is 0 Å². The summed E-state index contributed by atoms with van der Waals surface area (Å²) in [5.41, 5.74) is -0.183.